The van der Waals surface area contributed by atoms with E-state index >= 15 is 0 Å². The molecule has 0 aromatic heterocycles. The van der Waals surface area contributed by atoms with Crippen molar-refractivity contribution in [2.24, 2.45) is 0 Å². The number of carbonyl (C=O) groups is 2. The van der Waals surface area contributed by atoms with Gasteiger partial charge < -0.3 is 29.6 Å². The summed E-state index contributed by atoms with van der Waals surface area (Å²) in [5.41, 5.74) is 1.46. The Morgan fingerprint density at radius 1 is 1.17 bits per heavy atom. The van der Waals surface area contributed by atoms with Gasteiger partial charge in [0.05, 0.1) is 37.0 Å². The van der Waals surface area contributed by atoms with Crippen LogP contribution in [0.15, 0.2) is 23.4 Å². The summed E-state index contributed by atoms with van der Waals surface area (Å²) in [5.74, 6) is -0.400. The van der Waals surface area contributed by atoms with Crippen LogP contribution in [-0.4, -0.2) is 44.0 Å². The molecular weight excluding hydrogens is 420 g/mol. The number of allylic oxidation sites excluding steroid dienone is 1. The minimum atomic E-state index is -0.650. The molecule has 0 aliphatic carbocycles. The molecule has 2 rings (SSSR count). The van der Waals surface area contributed by atoms with Gasteiger partial charge in [0.2, 0.25) is 0 Å². The summed E-state index contributed by atoms with van der Waals surface area (Å²) < 4.78 is 20.9. The molecule has 0 unspecified atom stereocenters. The number of methoxy groups -OCH3 is 1. The van der Waals surface area contributed by atoms with Crippen LogP contribution in [0.25, 0.3) is 0 Å². The van der Waals surface area contributed by atoms with Crippen molar-refractivity contribution in [1.29, 1.82) is 0 Å². The summed E-state index contributed by atoms with van der Waals surface area (Å²) in [6.45, 7) is 5.35. The van der Waals surface area contributed by atoms with E-state index in [4.69, 9.17) is 42.8 Å². The predicted molar refractivity (Wildman–Crippen MR) is 111 cm³/mol. The number of thiocarbonyl (C=S) groups is 1. The van der Waals surface area contributed by atoms with Crippen LogP contribution in [0.5, 0.6) is 11.5 Å². The fourth-order valence-corrected chi connectivity index (χ4v) is 3.32. The van der Waals surface area contributed by atoms with Gasteiger partial charge in [-0.15, -0.1) is 0 Å². The number of hydrogen-bond donors (Lipinski definition) is 2. The van der Waals surface area contributed by atoms with Crippen LogP contribution in [0.3, 0.4) is 0 Å². The number of carbonyl (C=O) groups excluding carboxylic acids is 2. The molecule has 0 radical (unpaired) electrons. The molecule has 29 heavy (non-hydrogen) atoms. The second kappa shape index (κ2) is 10.3. The lowest BCUT2D eigenvalue weighted by atomic mass is 9.95. The van der Waals surface area contributed by atoms with Crippen molar-refractivity contribution in [1.82, 2.24) is 10.6 Å². The second-order valence-electron chi connectivity index (χ2n) is 5.91. The fourth-order valence-electron chi connectivity index (χ4n) is 2.79. The maximum Gasteiger partial charge on any atom is 0.344 e. The minimum absolute atomic E-state index is 0.227. The highest BCUT2D eigenvalue weighted by Crippen LogP contribution is 2.39. The SMILES string of the molecule is CCOC(=O)COc1cc(Cl)c([C@H]2NC(=S)NC(C)=C2C(=O)OCC)cc1OC. The Kier molecular flexibility index (Phi) is 8.10. The molecule has 1 aliphatic rings. The number of hydrogen-bond acceptors (Lipinski definition) is 7. The Labute approximate surface area is 179 Å². The van der Waals surface area contributed by atoms with Gasteiger partial charge in [0.25, 0.3) is 0 Å². The van der Waals surface area contributed by atoms with E-state index in [1.165, 1.54) is 13.2 Å². The molecule has 0 fully saturated rings. The second-order valence-corrected chi connectivity index (χ2v) is 6.72. The van der Waals surface area contributed by atoms with Gasteiger partial charge in [0.15, 0.2) is 23.2 Å². The monoisotopic (exact) mass is 442 g/mol. The first-order valence-corrected chi connectivity index (χ1v) is 9.72. The maximum atomic E-state index is 12.5. The van der Waals surface area contributed by atoms with Gasteiger partial charge in [-0.2, -0.15) is 0 Å². The van der Waals surface area contributed by atoms with Crippen LogP contribution in [0.4, 0.5) is 0 Å². The summed E-state index contributed by atoms with van der Waals surface area (Å²) in [6.07, 6.45) is 0. The third kappa shape index (κ3) is 5.51. The highest BCUT2D eigenvalue weighted by atomic mass is 35.5. The van der Waals surface area contributed by atoms with Crippen molar-refractivity contribution in [3.63, 3.8) is 0 Å². The maximum absolute atomic E-state index is 12.5. The summed E-state index contributed by atoms with van der Waals surface area (Å²) in [4.78, 5) is 24.1. The fraction of sp³-hybridized carbons (Fsp3) is 0.421. The lowest BCUT2D eigenvalue weighted by Gasteiger charge is -2.30. The topological polar surface area (TPSA) is 95.1 Å². The summed E-state index contributed by atoms with van der Waals surface area (Å²) in [5, 5.41) is 6.60. The number of esters is 2. The van der Waals surface area contributed by atoms with Crippen molar-refractivity contribution >= 4 is 40.9 Å². The number of ether oxygens (including phenoxy) is 4. The smallest absolute Gasteiger partial charge is 0.344 e. The molecule has 1 heterocycles. The van der Waals surface area contributed by atoms with E-state index in [-0.39, 0.29) is 25.6 Å². The molecule has 0 spiro atoms. The van der Waals surface area contributed by atoms with Crippen molar-refractivity contribution in [2.75, 3.05) is 26.9 Å². The van der Waals surface area contributed by atoms with Gasteiger partial charge in [0.1, 0.15) is 0 Å². The van der Waals surface area contributed by atoms with Crippen molar-refractivity contribution < 1.29 is 28.5 Å². The largest absolute Gasteiger partial charge is 0.493 e. The normalized spacial score (nSPS) is 15.9. The van der Waals surface area contributed by atoms with Crippen molar-refractivity contribution in [2.45, 2.75) is 26.8 Å². The highest BCUT2D eigenvalue weighted by Gasteiger charge is 2.33. The van der Waals surface area contributed by atoms with Gasteiger partial charge in [-0.1, -0.05) is 11.6 Å². The Bertz CT molecular complexity index is 842. The molecule has 0 bridgehead atoms. The molecule has 1 aromatic rings. The first-order valence-electron chi connectivity index (χ1n) is 8.93. The van der Waals surface area contributed by atoms with Gasteiger partial charge in [-0.3, -0.25) is 0 Å². The van der Waals surface area contributed by atoms with Crippen molar-refractivity contribution in [3.05, 3.63) is 34.0 Å². The van der Waals surface area contributed by atoms with Gasteiger partial charge >= 0.3 is 11.9 Å². The lowest BCUT2D eigenvalue weighted by molar-refractivity contribution is -0.145. The number of benzene rings is 1. The molecule has 1 aromatic carbocycles. The predicted octanol–water partition coefficient (Wildman–Crippen LogP) is 2.65. The quantitative estimate of drug-likeness (QED) is 0.465. The Balaban J connectivity index is 2.42. The summed E-state index contributed by atoms with van der Waals surface area (Å²) in [6, 6.07) is 2.49. The van der Waals surface area contributed by atoms with E-state index in [1.54, 1.807) is 26.8 Å². The van der Waals surface area contributed by atoms with Crippen LogP contribution >= 0.6 is 23.8 Å². The minimum Gasteiger partial charge on any atom is -0.493 e. The molecule has 1 atom stereocenters. The average Bonchev–Trinajstić information content (AvgIpc) is 2.66. The molecule has 0 saturated heterocycles. The van der Waals surface area contributed by atoms with E-state index in [2.05, 4.69) is 10.6 Å². The molecule has 0 saturated carbocycles. The number of nitrogens with one attached hydrogen (secondary N) is 2. The Hall–Kier alpha value is -2.52. The van der Waals surface area contributed by atoms with Crippen LogP contribution in [0.2, 0.25) is 5.02 Å². The van der Waals surface area contributed by atoms with Crippen LogP contribution in [-0.2, 0) is 19.1 Å². The van der Waals surface area contributed by atoms with E-state index in [0.29, 0.717) is 32.7 Å². The highest BCUT2D eigenvalue weighted by molar-refractivity contribution is 7.80. The molecular formula is C19H23ClN2O6S. The van der Waals surface area contributed by atoms with Crippen molar-refractivity contribution in [3.8, 4) is 11.5 Å². The summed E-state index contributed by atoms with van der Waals surface area (Å²) in [7, 11) is 1.46. The van der Waals surface area contributed by atoms with Crippen LogP contribution in [0.1, 0.15) is 32.4 Å². The zero-order valence-electron chi connectivity index (χ0n) is 16.6. The lowest BCUT2D eigenvalue weighted by Crippen LogP contribution is -2.45. The number of rotatable bonds is 8. The molecule has 0 amide bonds. The zero-order chi connectivity index (χ0) is 21.6. The molecule has 10 heteroatoms. The first kappa shape index (κ1) is 22.8. The Morgan fingerprint density at radius 2 is 1.86 bits per heavy atom. The first-order chi connectivity index (χ1) is 13.8. The van der Waals surface area contributed by atoms with E-state index in [0.717, 1.165) is 0 Å². The number of halogens is 1. The van der Waals surface area contributed by atoms with Gasteiger partial charge in [0, 0.05) is 17.3 Å². The molecule has 1 aliphatic heterocycles. The van der Waals surface area contributed by atoms with Crippen LogP contribution < -0.4 is 20.1 Å². The van der Waals surface area contributed by atoms with Crippen LogP contribution in [0, 0.1) is 0 Å². The molecule has 158 valence electrons. The van der Waals surface area contributed by atoms with Gasteiger partial charge in [-0.05, 0) is 39.1 Å². The van der Waals surface area contributed by atoms with E-state index in [9.17, 15) is 9.59 Å². The zero-order valence-corrected chi connectivity index (χ0v) is 18.2. The molecule has 2 N–H and O–H groups in total. The third-order valence-electron chi connectivity index (χ3n) is 4.01. The molecule has 8 nitrogen and oxygen atoms in total. The third-order valence-corrected chi connectivity index (χ3v) is 4.56. The van der Waals surface area contributed by atoms with E-state index in [1.807, 2.05) is 0 Å². The standard InChI is InChI=1S/C19H23ClN2O6S/c1-5-26-15(23)9-28-14-8-12(20)11(7-13(14)25-4)17-16(18(24)27-6-2)10(3)21-19(29)22-17/h7-8,17H,5-6,9H2,1-4H3,(H2,21,22,29)/t17-/m1/s1. The van der Waals surface area contributed by atoms with E-state index < -0.39 is 18.0 Å². The van der Waals surface area contributed by atoms with Gasteiger partial charge in [-0.25, -0.2) is 9.59 Å². The Morgan fingerprint density at radius 3 is 2.48 bits per heavy atom. The summed E-state index contributed by atoms with van der Waals surface area (Å²) >= 11 is 11.7. The average molecular weight is 443 g/mol.